The largest absolute Gasteiger partial charge is 0.507 e. The van der Waals surface area contributed by atoms with Crippen LogP contribution in [0.15, 0.2) is 18.2 Å². The molecule has 1 rings (SSSR count). The van der Waals surface area contributed by atoms with Gasteiger partial charge in [-0.2, -0.15) is 0 Å². The van der Waals surface area contributed by atoms with Gasteiger partial charge >= 0.3 is 5.97 Å². The van der Waals surface area contributed by atoms with Crippen LogP contribution in [0.5, 0.6) is 5.75 Å². The minimum atomic E-state index is -0.880. The quantitative estimate of drug-likeness (QED) is 0.687. The highest BCUT2D eigenvalue weighted by Gasteiger charge is 2.13. The second-order valence-corrected chi connectivity index (χ2v) is 4.30. The summed E-state index contributed by atoms with van der Waals surface area (Å²) in [5.41, 5.74) is -0.133. The molecule has 0 radical (unpaired) electrons. The van der Waals surface area contributed by atoms with E-state index < -0.39 is 23.6 Å². The van der Waals surface area contributed by atoms with Crippen molar-refractivity contribution in [2.75, 3.05) is 6.54 Å². The minimum absolute atomic E-state index is 0.133. The van der Waals surface area contributed by atoms with E-state index in [0.29, 0.717) is 12.8 Å². The van der Waals surface area contributed by atoms with Crippen molar-refractivity contribution in [3.05, 3.63) is 29.6 Å². The van der Waals surface area contributed by atoms with Crippen molar-refractivity contribution in [1.82, 2.24) is 5.32 Å². The molecular weight excluding hydrogens is 253 g/mol. The topological polar surface area (TPSA) is 86.6 Å². The summed E-state index contributed by atoms with van der Waals surface area (Å²) < 4.78 is 12.9. The molecule has 1 aromatic carbocycles. The van der Waals surface area contributed by atoms with E-state index in [2.05, 4.69) is 5.32 Å². The number of nitrogens with one attached hydrogen (secondary N) is 1. The lowest BCUT2D eigenvalue weighted by molar-refractivity contribution is -0.141. The highest BCUT2D eigenvalue weighted by atomic mass is 19.1. The maximum Gasteiger partial charge on any atom is 0.306 e. The molecule has 0 aliphatic rings. The van der Waals surface area contributed by atoms with E-state index in [1.807, 2.05) is 0 Å². The van der Waals surface area contributed by atoms with Crippen molar-refractivity contribution < 1.29 is 24.2 Å². The average Bonchev–Trinajstić information content (AvgIpc) is 2.36. The zero-order valence-electron chi connectivity index (χ0n) is 10.5. The summed E-state index contributed by atoms with van der Waals surface area (Å²) in [5, 5.41) is 20.6. The van der Waals surface area contributed by atoms with Crippen LogP contribution >= 0.6 is 0 Å². The smallest absolute Gasteiger partial charge is 0.306 e. The third-order valence-corrected chi connectivity index (χ3v) is 2.72. The number of aliphatic carboxylic acids is 1. The lowest BCUT2D eigenvalue weighted by Gasteiger charge is -2.08. The van der Waals surface area contributed by atoms with Crippen LogP contribution in [-0.4, -0.2) is 28.6 Å². The third kappa shape index (κ3) is 4.57. The van der Waals surface area contributed by atoms with Crippen LogP contribution in [0, 0.1) is 11.7 Å². The Balaban J connectivity index is 2.43. The van der Waals surface area contributed by atoms with Gasteiger partial charge < -0.3 is 15.5 Å². The summed E-state index contributed by atoms with van der Waals surface area (Å²) in [4.78, 5) is 22.2. The number of phenolic OH excluding ortho intramolecular Hbond substituents is 1. The molecule has 6 heteroatoms. The van der Waals surface area contributed by atoms with E-state index in [9.17, 15) is 19.1 Å². The van der Waals surface area contributed by atoms with E-state index in [4.69, 9.17) is 5.11 Å². The van der Waals surface area contributed by atoms with Crippen molar-refractivity contribution in [2.45, 2.75) is 19.8 Å². The average molecular weight is 269 g/mol. The zero-order chi connectivity index (χ0) is 14.4. The molecule has 0 saturated carbocycles. The molecule has 19 heavy (non-hydrogen) atoms. The number of carbonyl (C=O) groups is 2. The maximum absolute atomic E-state index is 12.9. The number of carbonyl (C=O) groups excluding carboxylic acids is 1. The standard InChI is InChI=1S/C13H16FNO4/c1-8(13(18)19)3-2-6-15-12(17)10-7-9(14)4-5-11(10)16/h4-5,7-8,16H,2-3,6H2,1H3,(H,15,17)(H,18,19). The molecule has 1 aromatic rings. The Kier molecular flexibility index (Phi) is 5.29. The first kappa shape index (κ1) is 14.9. The fourth-order valence-electron chi connectivity index (χ4n) is 1.52. The van der Waals surface area contributed by atoms with Crippen LogP contribution in [-0.2, 0) is 4.79 Å². The molecule has 0 aliphatic carbocycles. The first-order valence-electron chi connectivity index (χ1n) is 5.91. The Morgan fingerprint density at radius 1 is 1.42 bits per heavy atom. The SMILES string of the molecule is CC(CCCNC(=O)c1cc(F)ccc1O)C(=O)O. The van der Waals surface area contributed by atoms with Gasteiger partial charge in [-0.05, 0) is 31.0 Å². The van der Waals surface area contributed by atoms with E-state index in [1.54, 1.807) is 6.92 Å². The first-order valence-corrected chi connectivity index (χ1v) is 5.91. The summed E-state index contributed by atoms with van der Waals surface area (Å²) in [5.74, 6) is -2.84. The second-order valence-electron chi connectivity index (χ2n) is 4.30. The Morgan fingerprint density at radius 2 is 2.11 bits per heavy atom. The predicted octanol–water partition coefficient (Wildman–Crippen LogP) is 1.76. The molecule has 1 atom stereocenters. The molecule has 0 aromatic heterocycles. The number of amides is 1. The zero-order valence-corrected chi connectivity index (χ0v) is 10.5. The van der Waals surface area contributed by atoms with Crippen molar-refractivity contribution in [3.8, 4) is 5.75 Å². The first-order chi connectivity index (χ1) is 8.91. The number of phenols is 1. The molecule has 0 bridgehead atoms. The number of hydrogen-bond acceptors (Lipinski definition) is 3. The van der Waals surface area contributed by atoms with Gasteiger partial charge in [0.05, 0.1) is 11.5 Å². The van der Waals surface area contributed by atoms with Gasteiger partial charge in [0, 0.05) is 6.54 Å². The summed E-state index contributed by atoms with van der Waals surface area (Å²) in [6, 6.07) is 3.11. The van der Waals surface area contributed by atoms with Gasteiger partial charge in [0.25, 0.3) is 5.91 Å². The molecule has 0 spiro atoms. The molecule has 0 fully saturated rings. The third-order valence-electron chi connectivity index (χ3n) is 2.72. The van der Waals surface area contributed by atoms with Gasteiger partial charge in [0.1, 0.15) is 11.6 Å². The molecule has 0 heterocycles. The lowest BCUT2D eigenvalue weighted by Crippen LogP contribution is -2.25. The number of rotatable bonds is 6. The fourth-order valence-corrected chi connectivity index (χ4v) is 1.52. The van der Waals surface area contributed by atoms with Crippen molar-refractivity contribution >= 4 is 11.9 Å². The number of aromatic hydroxyl groups is 1. The van der Waals surface area contributed by atoms with Crippen LogP contribution in [0.2, 0.25) is 0 Å². The van der Waals surface area contributed by atoms with Crippen LogP contribution in [0.1, 0.15) is 30.1 Å². The molecule has 0 saturated heterocycles. The van der Waals surface area contributed by atoms with Gasteiger partial charge in [0.15, 0.2) is 0 Å². The van der Waals surface area contributed by atoms with E-state index in [-0.39, 0.29) is 17.9 Å². The molecule has 0 aliphatic heterocycles. The van der Waals surface area contributed by atoms with Gasteiger partial charge in [-0.1, -0.05) is 6.92 Å². The Morgan fingerprint density at radius 3 is 2.74 bits per heavy atom. The number of benzene rings is 1. The molecule has 104 valence electrons. The molecule has 3 N–H and O–H groups in total. The molecule has 1 unspecified atom stereocenters. The Labute approximate surface area is 110 Å². The lowest BCUT2D eigenvalue weighted by atomic mass is 10.1. The summed E-state index contributed by atoms with van der Waals surface area (Å²) in [7, 11) is 0. The molecular formula is C13H16FNO4. The second kappa shape index (κ2) is 6.72. The van der Waals surface area contributed by atoms with Gasteiger partial charge in [0.2, 0.25) is 0 Å². The normalized spacial score (nSPS) is 11.9. The van der Waals surface area contributed by atoms with Gasteiger partial charge in [-0.3, -0.25) is 9.59 Å². The minimum Gasteiger partial charge on any atom is -0.507 e. The van der Waals surface area contributed by atoms with Crippen LogP contribution < -0.4 is 5.32 Å². The van der Waals surface area contributed by atoms with Gasteiger partial charge in [-0.15, -0.1) is 0 Å². The monoisotopic (exact) mass is 269 g/mol. The number of hydrogen-bond donors (Lipinski definition) is 3. The summed E-state index contributed by atoms with van der Waals surface area (Å²) in [6.07, 6.45) is 0.931. The Hall–Kier alpha value is -2.11. The molecule has 5 nitrogen and oxygen atoms in total. The summed E-state index contributed by atoms with van der Waals surface area (Å²) >= 11 is 0. The van der Waals surface area contributed by atoms with Crippen molar-refractivity contribution in [1.29, 1.82) is 0 Å². The van der Waals surface area contributed by atoms with Crippen LogP contribution in [0.4, 0.5) is 4.39 Å². The Bertz CT molecular complexity index is 476. The van der Waals surface area contributed by atoms with Crippen molar-refractivity contribution in [3.63, 3.8) is 0 Å². The number of halogens is 1. The summed E-state index contributed by atoms with van der Waals surface area (Å²) in [6.45, 7) is 1.86. The number of carboxylic acids is 1. The van der Waals surface area contributed by atoms with Crippen LogP contribution in [0.25, 0.3) is 0 Å². The van der Waals surface area contributed by atoms with E-state index in [1.165, 1.54) is 0 Å². The number of carboxylic acid groups (broad SMARTS) is 1. The van der Waals surface area contributed by atoms with E-state index >= 15 is 0 Å². The van der Waals surface area contributed by atoms with Crippen molar-refractivity contribution in [2.24, 2.45) is 5.92 Å². The maximum atomic E-state index is 12.9. The molecule has 1 amide bonds. The van der Waals surface area contributed by atoms with Crippen LogP contribution in [0.3, 0.4) is 0 Å². The van der Waals surface area contributed by atoms with E-state index in [0.717, 1.165) is 18.2 Å². The van der Waals surface area contributed by atoms with Gasteiger partial charge in [-0.25, -0.2) is 4.39 Å². The highest BCUT2D eigenvalue weighted by Crippen LogP contribution is 2.17. The highest BCUT2D eigenvalue weighted by molar-refractivity contribution is 5.96. The predicted molar refractivity (Wildman–Crippen MR) is 66.4 cm³/mol. The fraction of sp³-hybridized carbons (Fsp3) is 0.385.